The normalized spacial score (nSPS) is 9.92. The molecule has 1 aromatic rings. The van der Waals surface area contributed by atoms with Crippen LogP contribution in [0.15, 0.2) is 22.7 Å². The van der Waals surface area contributed by atoms with Gasteiger partial charge in [-0.1, -0.05) is 27.5 Å². The maximum Gasteiger partial charge on any atom is 0.139 e. The van der Waals surface area contributed by atoms with E-state index in [1.54, 1.807) is 12.1 Å². The molecule has 1 rings (SSSR count). The molecule has 12 heavy (non-hydrogen) atoms. The summed E-state index contributed by atoms with van der Waals surface area (Å²) in [5, 5.41) is 9.06. The fourth-order valence-electron chi connectivity index (χ4n) is 0.743. The molecule has 1 N–H and O–H groups in total. The largest absolute Gasteiger partial charge is 0.490 e. The van der Waals surface area contributed by atoms with Gasteiger partial charge in [-0.15, -0.1) is 0 Å². The average Bonchev–Trinajstić information content (AvgIpc) is 2.07. The first-order valence-corrected chi connectivity index (χ1v) is 4.60. The minimum atomic E-state index is -0.0111. The first-order chi connectivity index (χ1) is 5.74. The summed E-state index contributed by atoms with van der Waals surface area (Å²) >= 11 is 9.09. The van der Waals surface area contributed by atoms with Crippen LogP contribution in [0, 0.1) is 0 Å². The third-order valence-electron chi connectivity index (χ3n) is 1.24. The molecule has 1 aromatic carbocycles. The smallest absolute Gasteiger partial charge is 0.139 e. The van der Waals surface area contributed by atoms with Crippen LogP contribution >= 0.6 is 27.5 Å². The Hall–Kier alpha value is -0.250. The van der Waals surface area contributed by atoms with Crippen LogP contribution in [0.3, 0.4) is 0 Å². The molecule has 0 saturated carbocycles. The number of aliphatic hydroxyl groups excluding tert-OH is 1. The van der Waals surface area contributed by atoms with Crippen molar-refractivity contribution in [2.75, 3.05) is 13.2 Å². The molecule has 0 unspecified atom stereocenters. The molecule has 0 fully saturated rings. The van der Waals surface area contributed by atoms with Gasteiger partial charge in [0.25, 0.3) is 0 Å². The summed E-state index contributed by atoms with van der Waals surface area (Å²) in [6, 6.07) is 5.32. The van der Waals surface area contributed by atoms with Gasteiger partial charge in [-0.25, -0.2) is 0 Å². The summed E-state index contributed by atoms with van der Waals surface area (Å²) in [5.41, 5.74) is 0. The van der Waals surface area contributed by atoms with Gasteiger partial charge in [-0.05, 0) is 18.2 Å². The Bertz CT molecular complexity index is 265. The van der Waals surface area contributed by atoms with Gasteiger partial charge in [-0.3, -0.25) is 0 Å². The molecule has 0 bridgehead atoms. The topological polar surface area (TPSA) is 29.5 Å². The van der Waals surface area contributed by atoms with E-state index in [0.29, 0.717) is 10.8 Å². The van der Waals surface area contributed by atoms with E-state index >= 15 is 0 Å². The van der Waals surface area contributed by atoms with Crippen molar-refractivity contribution in [2.24, 2.45) is 0 Å². The minimum absolute atomic E-state index is 0.0111. The zero-order valence-corrected chi connectivity index (χ0v) is 8.60. The van der Waals surface area contributed by atoms with Gasteiger partial charge >= 0.3 is 0 Å². The Balaban J connectivity index is 2.75. The number of hydrogen-bond donors (Lipinski definition) is 1. The highest BCUT2D eigenvalue weighted by Gasteiger charge is 2.00. The van der Waals surface area contributed by atoms with E-state index in [9.17, 15) is 0 Å². The second-order valence-electron chi connectivity index (χ2n) is 2.15. The quantitative estimate of drug-likeness (QED) is 0.894. The molecule has 0 amide bonds. The van der Waals surface area contributed by atoms with Gasteiger partial charge in [0.15, 0.2) is 0 Å². The lowest BCUT2D eigenvalue weighted by atomic mass is 10.3. The second kappa shape index (κ2) is 4.70. The number of halogens is 2. The third kappa shape index (κ3) is 2.66. The van der Waals surface area contributed by atoms with Crippen molar-refractivity contribution in [3.63, 3.8) is 0 Å². The van der Waals surface area contributed by atoms with Crippen LogP contribution in [0.25, 0.3) is 0 Å². The number of hydrogen-bond acceptors (Lipinski definition) is 2. The van der Waals surface area contributed by atoms with Crippen molar-refractivity contribution in [1.29, 1.82) is 0 Å². The van der Waals surface area contributed by atoms with Gasteiger partial charge in [0.2, 0.25) is 0 Å². The highest BCUT2D eigenvalue weighted by molar-refractivity contribution is 9.10. The molecule has 2 nitrogen and oxygen atoms in total. The molecular weight excluding hydrogens is 243 g/mol. The molecule has 0 spiro atoms. The number of aliphatic hydroxyl groups is 1. The monoisotopic (exact) mass is 250 g/mol. The van der Waals surface area contributed by atoms with Crippen LogP contribution in [-0.4, -0.2) is 18.3 Å². The zero-order valence-electron chi connectivity index (χ0n) is 6.26. The van der Waals surface area contributed by atoms with Crippen LogP contribution in [0.2, 0.25) is 5.02 Å². The van der Waals surface area contributed by atoms with Crippen LogP contribution < -0.4 is 4.74 Å². The molecule has 0 aliphatic rings. The number of rotatable bonds is 3. The van der Waals surface area contributed by atoms with Gasteiger partial charge in [-0.2, -0.15) is 0 Å². The Kier molecular flexibility index (Phi) is 3.85. The maximum atomic E-state index is 8.51. The van der Waals surface area contributed by atoms with Gasteiger partial charge in [0.1, 0.15) is 12.4 Å². The summed E-state index contributed by atoms with van der Waals surface area (Å²) in [6.07, 6.45) is 0. The fraction of sp³-hybridized carbons (Fsp3) is 0.250. The van der Waals surface area contributed by atoms with Crippen LogP contribution in [0.4, 0.5) is 0 Å². The molecule has 0 atom stereocenters. The second-order valence-corrected chi connectivity index (χ2v) is 3.47. The molecule has 4 heteroatoms. The highest BCUT2D eigenvalue weighted by Crippen LogP contribution is 2.27. The lowest BCUT2D eigenvalue weighted by Crippen LogP contribution is -2.01. The van der Waals surface area contributed by atoms with Gasteiger partial charge in [0.05, 0.1) is 11.6 Å². The van der Waals surface area contributed by atoms with Crippen molar-refractivity contribution >= 4 is 27.5 Å². The Morgan fingerprint density at radius 1 is 1.50 bits per heavy atom. The van der Waals surface area contributed by atoms with Gasteiger partial charge in [0, 0.05) is 4.47 Å². The number of ether oxygens (including phenoxy) is 1. The first kappa shape index (κ1) is 9.84. The fourth-order valence-corrected chi connectivity index (χ4v) is 1.26. The van der Waals surface area contributed by atoms with E-state index in [-0.39, 0.29) is 13.2 Å². The zero-order chi connectivity index (χ0) is 8.97. The van der Waals surface area contributed by atoms with Crippen LogP contribution in [0.5, 0.6) is 5.75 Å². The summed E-state index contributed by atoms with van der Waals surface area (Å²) in [7, 11) is 0. The van der Waals surface area contributed by atoms with E-state index in [1.165, 1.54) is 0 Å². The van der Waals surface area contributed by atoms with Crippen molar-refractivity contribution in [3.8, 4) is 5.75 Å². The van der Waals surface area contributed by atoms with E-state index in [0.717, 1.165) is 4.47 Å². The standard InChI is InChI=1S/C8H8BrClO2/c9-6-1-2-7(10)8(5-6)12-4-3-11/h1-2,5,11H,3-4H2. The molecular formula is C8H8BrClO2. The van der Waals surface area contributed by atoms with Crippen LogP contribution in [0.1, 0.15) is 0 Å². The first-order valence-electron chi connectivity index (χ1n) is 3.43. The molecule has 0 aromatic heterocycles. The van der Waals surface area contributed by atoms with Crippen molar-refractivity contribution < 1.29 is 9.84 Å². The Morgan fingerprint density at radius 3 is 2.92 bits per heavy atom. The summed E-state index contributed by atoms with van der Waals surface area (Å²) in [4.78, 5) is 0. The van der Waals surface area contributed by atoms with E-state index in [4.69, 9.17) is 21.4 Å². The molecule has 0 aliphatic carbocycles. The van der Waals surface area contributed by atoms with Crippen molar-refractivity contribution in [3.05, 3.63) is 27.7 Å². The van der Waals surface area contributed by atoms with Crippen molar-refractivity contribution in [2.45, 2.75) is 0 Å². The highest BCUT2D eigenvalue weighted by atomic mass is 79.9. The van der Waals surface area contributed by atoms with Crippen molar-refractivity contribution in [1.82, 2.24) is 0 Å². The predicted molar refractivity (Wildman–Crippen MR) is 51.7 cm³/mol. The molecule has 66 valence electrons. The Labute approximate surface area is 84.2 Å². The molecule has 0 heterocycles. The summed E-state index contributed by atoms with van der Waals surface area (Å²) in [6.45, 7) is 0.249. The SMILES string of the molecule is OCCOc1cc(Br)ccc1Cl. The summed E-state index contributed by atoms with van der Waals surface area (Å²) < 4.78 is 6.06. The average molecular weight is 252 g/mol. The molecule has 0 saturated heterocycles. The minimum Gasteiger partial charge on any atom is -0.490 e. The van der Waals surface area contributed by atoms with E-state index in [2.05, 4.69) is 15.9 Å². The third-order valence-corrected chi connectivity index (χ3v) is 2.05. The molecule has 0 aliphatic heterocycles. The maximum absolute atomic E-state index is 8.51. The lowest BCUT2D eigenvalue weighted by Gasteiger charge is -2.05. The summed E-state index contributed by atoms with van der Waals surface area (Å²) in [5.74, 6) is 0.583. The Morgan fingerprint density at radius 2 is 2.25 bits per heavy atom. The van der Waals surface area contributed by atoms with Gasteiger partial charge < -0.3 is 9.84 Å². The lowest BCUT2D eigenvalue weighted by molar-refractivity contribution is 0.201. The van der Waals surface area contributed by atoms with E-state index < -0.39 is 0 Å². The van der Waals surface area contributed by atoms with Crippen LogP contribution in [-0.2, 0) is 0 Å². The molecule has 0 radical (unpaired) electrons. The number of benzene rings is 1. The van der Waals surface area contributed by atoms with E-state index in [1.807, 2.05) is 6.07 Å². The predicted octanol–water partition coefficient (Wildman–Crippen LogP) is 2.47.